The maximum atomic E-state index is 11.6. The molecule has 0 atom stereocenters. The van der Waals surface area contributed by atoms with Gasteiger partial charge in [-0.05, 0) is 12.8 Å². The highest BCUT2D eigenvalue weighted by atomic mass is 35.5. The van der Waals surface area contributed by atoms with E-state index in [1.807, 2.05) is 4.90 Å². The topological polar surface area (TPSA) is 32.3 Å². The van der Waals surface area contributed by atoms with Gasteiger partial charge < -0.3 is 10.2 Å². The molecule has 1 rings (SSSR count). The number of likely N-dealkylation sites (tertiary alicyclic amines) is 1. The summed E-state index contributed by atoms with van der Waals surface area (Å²) < 4.78 is 0. The molecule has 0 aliphatic carbocycles. The van der Waals surface area contributed by atoms with Crippen molar-refractivity contribution in [2.24, 2.45) is 0 Å². The standard InChI is InChI=1S/C10H17ClN2O/c1-9(11)8-12-10(14)13-6-4-2-3-5-7-13/h1-8H2,(H,12,14). The molecule has 0 saturated carbocycles. The van der Waals surface area contributed by atoms with E-state index in [9.17, 15) is 4.79 Å². The average molecular weight is 217 g/mol. The molecule has 14 heavy (non-hydrogen) atoms. The zero-order valence-corrected chi connectivity index (χ0v) is 9.15. The van der Waals surface area contributed by atoms with Crippen LogP contribution in [0.3, 0.4) is 0 Å². The van der Waals surface area contributed by atoms with E-state index in [1.54, 1.807) is 0 Å². The van der Waals surface area contributed by atoms with Gasteiger partial charge in [0.05, 0.1) is 6.54 Å². The van der Waals surface area contributed by atoms with Gasteiger partial charge in [-0.3, -0.25) is 0 Å². The number of hydrogen-bond donors (Lipinski definition) is 1. The maximum absolute atomic E-state index is 11.6. The lowest BCUT2D eigenvalue weighted by Crippen LogP contribution is -2.40. The summed E-state index contributed by atoms with van der Waals surface area (Å²) in [7, 11) is 0. The van der Waals surface area contributed by atoms with Gasteiger partial charge >= 0.3 is 6.03 Å². The van der Waals surface area contributed by atoms with Crippen molar-refractivity contribution in [2.75, 3.05) is 19.6 Å². The molecule has 0 spiro atoms. The summed E-state index contributed by atoms with van der Waals surface area (Å²) in [6, 6.07) is -0.0197. The molecule has 80 valence electrons. The van der Waals surface area contributed by atoms with Gasteiger partial charge in [0.15, 0.2) is 0 Å². The van der Waals surface area contributed by atoms with E-state index in [0.29, 0.717) is 11.6 Å². The average Bonchev–Trinajstić information content (AvgIpc) is 2.42. The Morgan fingerprint density at radius 2 is 1.86 bits per heavy atom. The highest BCUT2D eigenvalue weighted by Gasteiger charge is 2.14. The number of nitrogens with one attached hydrogen (secondary N) is 1. The minimum absolute atomic E-state index is 0.0197. The lowest BCUT2D eigenvalue weighted by atomic mass is 10.2. The minimum atomic E-state index is -0.0197. The summed E-state index contributed by atoms with van der Waals surface area (Å²) in [6.45, 7) is 5.60. The van der Waals surface area contributed by atoms with Gasteiger partial charge in [0, 0.05) is 18.1 Å². The molecule has 3 nitrogen and oxygen atoms in total. The van der Waals surface area contributed by atoms with Crippen molar-refractivity contribution in [1.82, 2.24) is 10.2 Å². The van der Waals surface area contributed by atoms with Crippen LogP contribution in [0.2, 0.25) is 0 Å². The SMILES string of the molecule is C=C(Cl)CNC(=O)N1CCCCCC1. The summed E-state index contributed by atoms with van der Waals surface area (Å²) >= 11 is 5.57. The van der Waals surface area contributed by atoms with Gasteiger partial charge in [0.1, 0.15) is 0 Å². The van der Waals surface area contributed by atoms with Crippen molar-refractivity contribution in [1.29, 1.82) is 0 Å². The number of carbonyl (C=O) groups excluding carboxylic acids is 1. The van der Waals surface area contributed by atoms with Gasteiger partial charge in [0.2, 0.25) is 0 Å². The third-order valence-electron chi connectivity index (χ3n) is 2.32. The Kier molecular flexibility index (Phi) is 4.80. The largest absolute Gasteiger partial charge is 0.333 e. The van der Waals surface area contributed by atoms with Crippen LogP contribution in [-0.4, -0.2) is 30.6 Å². The molecule has 1 aliphatic heterocycles. The molecule has 0 aromatic heterocycles. The van der Waals surface area contributed by atoms with Gasteiger partial charge in [0.25, 0.3) is 0 Å². The van der Waals surface area contributed by atoms with Crippen LogP contribution in [0.15, 0.2) is 11.6 Å². The Labute approximate surface area is 90.1 Å². The monoisotopic (exact) mass is 216 g/mol. The molecule has 0 aromatic rings. The highest BCUT2D eigenvalue weighted by molar-refractivity contribution is 6.29. The first kappa shape index (κ1) is 11.4. The quantitative estimate of drug-likeness (QED) is 0.755. The Balaban J connectivity index is 2.30. The van der Waals surface area contributed by atoms with Crippen LogP contribution in [0.4, 0.5) is 4.79 Å². The first-order chi connectivity index (χ1) is 6.70. The molecule has 0 aromatic carbocycles. The molecule has 1 N–H and O–H groups in total. The van der Waals surface area contributed by atoms with Gasteiger partial charge in [-0.15, -0.1) is 0 Å². The number of halogens is 1. The molecule has 1 aliphatic rings. The molecule has 0 unspecified atom stereocenters. The molecule has 2 amide bonds. The predicted molar refractivity (Wildman–Crippen MR) is 58.4 cm³/mol. The number of nitrogens with zero attached hydrogens (tertiary/aromatic N) is 1. The summed E-state index contributed by atoms with van der Waals surface area (Å²) in [5, 5.41) is 3.20. The molecule has 1 fully saturated rings. The molecule has 1 heterocycles. The Morgan fingerprint density at radius 1 is 1.29 bits per heavy atom. The van der Waals surface area contributed by atoms with E-state index in [-0.39, 0.29) is 6.03 Å². The van der Waals surface area contributed by atoms with Gasteiger partial charge in [-0.2, -0.15) is 0 Å². The number of amides is 2. The zero-order valence-electron chi connectivity index (χ0n) is 8.39. The Bertz CT molecular complexity index is 210. The van der Waals surface area contributed by atoms with Crippen LogP contribution >= 0.6 is 11.6 Å². The van der Waals surface area contributed by atoms with Gasteiger partial charge in [-0.25, -0.2) is 4.79 Å². The first-order valence-corrected chi connectivity index (χ1v) is 5.44. The molecule has 0 bridgehead atoms. The second kappa shape index (κ2) is 5.91. The van der Waals surface area contributed by atoms with E-state index in [1.165, 1.54) is 12.8 Å². The van der Waals surface area contributed by atoms with Crippen molar-refractivity contribution in [3.63, 3.8) is 0 Å². The smallest absolute Gasteiger partial charge is 0.317 e. The highest BCUT2D eigenvalue weighted by Crippen LogP contribution is 2.09. The fourth-order valence-electron chi connectivity index (χ4n) is 1.56. The van der Waals surface area contributed by atoms with Crippen LogP contribution in [-0.2, 0) is 0 Å². The van der Waals surface area contributed by atoms with Crippen molar-refractivity contribution >= 4 is 17.6 Å². The van der Waals surface area contributed by atoms with Crippen LogP contribution in [0.25, 0.3) is 0 Å². The van der Waals surface area contributed by atoms with Crippen molar-refractivity contribution in [2.45, 2.75) is 25.7 Å². The number of hydrogen-bond acceptors (Lipinski definition) is 1. The van der Waals surface area contributed by atoms with E-state index in [0.717, 1.165) is 25.9 Å². The lowest BCUT2D eigenvalue weighted by Gasteiger charge is -2.20. The summed E-state index contributed by atoms with van der Waals surface area (Å²) in [5.74, 6) is 0. The minimum Gasteiger partial charge on any atom is -0.333 e. The van der Waals surface area contributed by atoms with E-state index < -0.39 is 0 Å². The van der Waals surface area contributed by atoms with Crippen molar-refractivity contribution in [3.05, 3.63) is 11.6 Å². The predicted octanol–water partition coefficient (Wildman–Crippen LogP) is 2.32. The van der Waals surface area contributed by atoms with Gasteiger partial charge in [-0.1, -0.05) is 31.0 Å². The normalized spacial score (nSPS) is 17.4. The second-order valence-corrected chi connectivity index (χ2v) is 4.11. The molecular weight excluding hydrogens is 200 g/mol. The Hall–Kier alpha value is -0.700. The van der Waals surface area contributed by atoms with Crippen molar-refractivity contribution in [3.8, 4) is 0 Å². The number of carbonyl (C=O) groups is 1. The molecule has 1 saturated heterocycles. The van der Waals surface area contributed by atoms with E-state index in [2.05, 4.69) is 11.9 Å². The fraction of sp³-hybridized carbons (Fsp3) is 0.700. The summed E-state index contributed by atoms with van der Waals surface area (Å²) in [6.07, 6.45) is 4.67. The fourth-order valence-corrected chi connectivity index (χ4v) is 1.62. The molecule has 0 radical (unpaired) electrons. The number of rotatable bonds is 2. The maximum Gasteiger partial charge on any atom is 0.317 e. The number of urea groups is 1. The third-order valence-corrected chi connectivity index (χ3v) is 2.46. The second-order valence-electron chi connectivity index (χ2n) is 3.58. The summed E-state index contributed by atoms with van der Waals surface area (Å²) in [5.41, 5.74) is 0. The first-order valence-electron chi connectivity index (χ1n) is 5.06. The van der Waals surface area contributed by atoms with Crippen LogP contribution in [0.1, 0.15) is 25.7 Å². The van der Waals surface area contributed by atoms with Crippen LogP contribution < -0.4 is 5.32 Å². The Morgan fingerprint density at radius 3 is 2.36 bits per heavy atom. The van der Waals surface area contributed by atoms with Crippen molar-refractivity contribution < 1.29 is 4.79 Å². The molecular formula is C10H17ClN2O. The zero-order chi connectivity index (χ0) is 10.4. The van der Waals surface area contributed by atoms with E-state index in [4.69, 9.17) is 11.6 Å². The lowest BCUT2D eigenvalue weighted by molar-refractivity contribution is 0.201. The molecule has 4 heteroatoms. The summed E-state index contributed by atoms with van der Waals surface area (Å²) in [4.78, 5) is 13.4. The van der Waals surface area contributed by atoms with Crippen LogP contribution in [0, 0.1) is 0 Å². The van der Waals surface area contributed by atoms with E-state index >= 15 is 0 Å². The third kappa shape index (κ3) is 4.01. The van der Waals surface area contributed by atoms with Crippen LogP contribution in [0.5, 0.6) is 0 Å².